The molecule has 2 fully saturated rings. The molecule has 0 saturated carbocycles. The second-order valence-corrected chi connectivity index (χ2v) is 11.5. The van der Waals surface area contributed by atoms with Crippen LogP contribution in [0.4, 0.5) is 0 Å². The highest BCUT2D eigenvalue weighted by Crippen LogP contribution is 2.24. The molecule has 2 aromatic carbocycles. The summed E-state index contributed by atoms with van der Waals surface area (Å²) >= 11 is 0. The average Bonchev–Trinajstić information content (AvgIpc) is 3.01. The largest absolute Gasteiger partial charge is 0.462 e. The molecule has 3 heterocycles. The molecule has 2 aliphatic rings. The number of H-pyrrole nitrogens is 1. The molecule has 0 unspecified atom stereocenters. The molecule has 0 amide bonds. The van der Waals surface area contributed by atoms with Crippen LogP contribution in [0.25, 0.3) is 21.7 Å². The molecule has 41 heavy (non-hydrogen) atoms. The van der Waals surface area contributed by atoms with Crippen LogP contribution in [0, 0.1) is 0 Å². The van der Waals surface area contributed by atoms with Crippen LogP contribution in [0.5, 0.6) is 0 Å². The first-order valence-electron chi connectivity index (χ1n) is 15.5. The van der Waals surface area contributed by atoms with Crippen molar-refractivity contribution in [3.8, 4) is 0 Å². The Morgan fingerprint density at radius 1 is 0.634 bits per heavy atom. The van der Waals surface area contributed by atoms with Crippen molar-refractivity contribution in [1.82, 2.24) is 14.8 Å². The summed E-state index contributed by atoms with van der Waals surface area (Å²) in [6, 6.07) is 10.3. The Kier molecular flexibility index (Phi) is 10.4. The zero-order valence-corrected chi connectivity index (χ0v) is 24.1. The lowest BCUT2D eigenvalue weighted by Crippen LogP contribution is -2.30. The van der Waals surface area contributed by atoms with E-state index in [1.165, 1.54) is 64.7 Å². The van der Waals surface area contributed by atoms with Crippen molar-refractivity contribution < 1.29 is 19.1 Å². The van der Waals surface area contributed by atoms with Crippen molar-refractivity contribution >= 4 is 33.6 Å². The second-order valence-electron chi connectivity index (χ2n) is 11.5. The summed E-state index contributed by atoms with van der Waals surface area (Å²) in [5.41, 5.74) is 1.01. The highest BCUT2D eigenvalue weighted by molar-refractivity contribution is 6.08. The van der Waals surface area contributed by atoms with Gasteiger partial charge in [0.1, 0.15) is 0 Å². The number of aromatic nitrogens is 1. The molecule has 1 aromatic heterocycles. The lowest BCUT2D eigenvalue weighted by molar-refractivity contribution is 0.0485. The van der Waals surface area contributed by atoms with Gasteiger partial charge in [-0.3, -0.25) is 4.79 Å². The Labute approximate surface area is 242 Å². The third-order valence-electron chi connectivity index (χ3n) is 8.39. The molecule has 0 bridgehead atoms. The molecule has 2 saturated heterocycles. The number of aromatic amines is 1. The van der Waals surface area contributed by atoms with E-state index in [9.17, 15) is 14.4 Å². The number of fused-ring (bicyclic) bond motifs is 3. The number of hydrogen-bond donors (Lipinski definition) is 1. The minimum Gasteiger partial charge on any atom is -0.462 e. The van der Waals surface area contributed by atoms with Crippen molar-refractivity contribution in [2.24, 2.45) is 0 Å². The molecule has 0 atom stereocenters. The van der Waals surface area contributed by atoms with E-state index in [-0.39, 0.29) is 11.5 Å². The summed E-state index contributed by atoms with van der Waals surface area (Å²) in [4.78, 5) is 46.1. The number of unbranched alkanes of at least 4 members (excludes halogenated alkanes) is 2. The zero-order chi connectivity index (χ0) is 28.4. The van der Waals surface area contributed by atoms with E-state index < -0.39 is 5.97 Å². The van der Waals surface area contributed by atoms with Crippen LogP contribution >= 0.6 is 0 Å². The number of carbonyl (C=O) groups is 2. The van der Waals surface area contributed by atoms with Gasteiger partial charge >= 0.3 is 11.9 Å². The number of pyridine rings is 1. The summed E-state index contributed by atoms with van der Waals surface area (Å²) in [6.45, 7) is 7.55. The number of benzene rings is 2. The minimum atomic E-state index is -0.418. The summed E-state index contributed by atoms with van der Waals surface area (Å²) in [6.07, 6.45) is 11.4. The number of ether oxygens (including phenoxy) is 2. The van der Waals surface area contributed by atoms with Gasteiger partial charge in [0.2, 0.25) is 0 Å². The number of nitrogens with one attached hydrogen (secondary N) is 1. The van der Waals surface area contributed by atoms with Gasteiger partial charge in [-0.25, -0.2) is 9.59 Å². The standard InChI is InChI=1S/C33H43N3O5/c37-31-29-23-25(32(38)40-21-9-7-19-35-15-3-1-4-16-35)11-13-27(29)28-14-12-26(24-30(28)34-31)33(39)41-22-10-8-20-36-17-5-2-6-18-36/h11-14,23-24H,1-10,15-22H2,(H,34,37). The number of esters is 2. The zero-order valence-electron chi connectivity index (χ0n) is 24.1. The fourth-order valence-corrected chi connectivity index (χ4v) is 6.03. The second kappa shape index (κ2) is 14.6. The Balaban J connectivity index is 1.14. The number of hydrogen-bond acceptors (Lipinski definition) is 7. The minimum absolute atomic E-state index is 0.313. The van der Waals surface area contributed by atoms with Crippen LogP contribution in [0.3, 0.4) is 0 Å². The van der Waals surface area contributed by atoms with Gasteiger partial charge in [0.15, 0.2) is 0 Å². The van der Waals surface area contributed by atoms with Gasteiger partial charge in [-0.1, -0.05) is 25.0 Å². The van der Waals surface area contributed by atoms with Crippen molar-refractivity contribution in [1.29, 1.82) is 0 Å². The van der Waals surface area contributed by atoms with Gasteiger partial charge in [-0.2, -0.15) is 0 Å². The summed E-state index contributed by atoms with van der Waals surface area (Å²) in [7, 11) is 0. The maximum Gasteiger partial charge on any atom is 0.338 e. The Morgan fingerprint density at radius 2 is 1.15 bits per heavy atom. The first kappa shape index (κ1) is 29.3. The normalized spacial score (nSPS) is 16.7. The van der Waals surface area contributed by atoms with Crippen LogP contribution < -0.4 is 5.56 Å². The summed E-state index contributed by atoms with van der Waals surface area (Å²) in [5.74, 6) is -0.807. The first-order chi connectivity index (χ1) is 20.1. The molecule has 220 valence electrons. The molecule has 1 N–H and O–H groups in total. The van der Waals surface area contributed by atoms with E-state index in [4.69, 9.17) is 9.47 Å². The van der Waals surface area contributed by atoms with Gasteiger partial charge in [0.05, 0.1) is 24.3 Å². The first-order valence-corrected chi connectivity index (χ1v) is 15.5. The van der Waals surface area contributed by atoms with Crippen molar-refractivity contribution in [3.63, 3.8) is 0 Å². The van der Waals surface area contributed by atoms with Crippen molar-refractivity contribution in [2.75, 3.05) is 52.5 Å². The molecular formula is C33H43N3O5. The fourth-order valence-electron chi connectivity index (χ4n) is 6.03. The lowest BCUT2D eigenvalue weighted by Gasteiger charge is -2.26. The number of likely N-dealkylation sites (tertiary alicyclic amines) is 2. The number of carbonyl (C=O) groups excluding carboxylic acids is 2. The van der Waals surface area contributed by atoms with Gasteiger partial charge in [0, 0.05) is 16.3 Å². The molecule has 0 radical (unpaired) electrons. The molecule has 0 aliphatic carbocycles. The third-order valence-corrected chi connectivity index (χ3v) is 8.39. The van der Waals surface area contributed by atoms with E-state index in [2.05, 4.69) is 14.8 Å². The summed E-state index contributed by atoms with van der Waals surface area (Å²) < 4.78 is 11.0. The van der Waals surface area contributed by atoms with Crippen molar-refractivity contribution in [3.05, 3.63) is 57.9 Å². The van der Waals surface area contributed by atoms with Crippen LogP contribution in [0.2, 0.25) is 0 Å². The molecule has 8 heteroatoms. The maximum atomic E-state index is 12.9. The van der Waals surface area contributed by atoms with E-state index in [0.29, 0.717) is 35.2 Å². The number of nitrogens with zero attached hydrogens (tertiary/aromatic N) is 2. The fraction of sp³-hybridized carbons (Fsp3) is 0.545. The average molecular weight is 562 g/mol. The Morgan fingerprint density at radius 3 is 1.71 bits per heavy atom. The molecule has 5 rings (SSSR count). The van der Waals surface area contributed by atoms with Gasteiger partial charge in [-0.05, 0) is 120 Å². The molecule has 2 aliphatic heterocycles. The predicted molar refractivity (Wildman–Crippen MR) is 162 cm³/mol. The van der Waals surface area contributed by atoms with Crippen LogP contribution in [-0.4, -0.2) is 79.2 Å². The van der Waals surface area contributed by atoms with Gasteiger partial charge in [-0.15, -0.1) is 0 Å². The van der Waals surface area contributed by atoms with Gasteiger partial charge < -0.3 is 24.3 Å². The van der Waals surface area contributed by atoms with E-state index >= 15 is 0 Å². The van der Waals surface area contributed by atoms with E-state index in [1.54, 1.807) is 30.3 Å². The highest BCUT2D eigenvalue weighted by atomic mass is 16.5. The SMILES string of the molecule is O=C(OCCCCN1CCCCC1)c1ccc2c(c1)[nH]c(=O)c1cc(C(=O)OCCCCN3CCCCC3)ccc12. The monoisotopic (exact) mass is 561 g/mol. The highest BCUT2D eigenvalue weighted by Gasteiger charge is 2.15. The van der Waals surface area contributed by atoms with Crippen molar-refractivity contribution in [2.45, 2.75) is 64.2 Å². The molecule has 8 nitrogen and oxygen atoms in total. The maximum absolute atomic E-state index is 12.9. The summed E-state index contributed by atoms with van der Waals surface area (Å²) in [5, 5.41) is 1.94. The molecule has 0 spiro atoms. The topological polar surface area (TPSA) is 91.9 Å². The van der Waals surface area contributed by atoms with E-state index in [1.807, 2.05) is 6.07 Å². The number of rotatable bonds is 12. The van der Waals surface area contributed by atoms with E-state index in [0.717, 1.165) is 49.5 Å². The van der Waals surface area contributed by atoms with Crippen LogP contribution in [0.15, 0.2) is 41.2 Å². The smallest absolute Gasteiger partial charge is 0.338 e. The Hall–Kier alpha value is -3.23. The third kappa shape index (κ3) is 7.95. The Bertz CT molecular complexity index is 1390. The van der Waals surface area contributed by atoms with Crippen LogP contribution in [-0.2, 0) is 9.47 Å². The van der Waals surface area contributed by atoms with Gasteiger partial charge in [0.25, 0.3) is 5.56 Å². The van der Waals surface area contributed by atoms with Crippen LogP contribution in [0.1, 0.15) is 84.9 Å². The number of piperidine rings is 2. The quantitative estimate of drug-likeness (QED) is 0.177. The molecular weight excluding hydrogens is 518 g/mol. The lowest BCUT2D eigenvalue weighted by atomic mass is 10.0. The molecule has 3 aromatic rings. The predicted octanol–water partition coefficient (Wildman–Crippen LogP) is 5.53.